The lowest BCUT2D eigenvalue weighted by molar-refractivity contribution is 0.192. The highest BCUT2D eigenvalue weighted by atomic mass is 32.2. The average molecular weight is 454 g/mol. The van der Waals surface area contributed by atoms with E-state index in [2.05, 4.69) is 4.72 Å². The molecule has 2 amide bonds. The number of anilines is 2. The molecule has 1 heterocycles. The molecule has 8 heteroatoms. The molecule has 0 spiro atoms. The maximum absolute atomic E-state index is 13.1. The fourth-order valence-electron chi connectivity index (χ4n) is 3.68. The van der Waals surface area contributed by atoms with Gasteiger partial charge in [-0.05, 0) is 73.0 Å². The number of halogens is 1. The van der Waals surface area contributed by atoms with Crippen LogP contribution in [0.25, 0.3) is 0 Å². The number of nitrogens with zero attached hydrogens (tertiary/aromatic N) is 2. The molecule has 1 fully saturated rings. The quantitative estimate of drug-likeness (QED) is 0.585. The summed E-state index contributed by atoms with van der Waals surface area (Å²) in [7, 11) is -3.70. The maximum atomic E-state index is 13.1. The summed E-state index contributed by atoms with van der Waals surface area (Å²) in [5, 5.41) is 0. The summed E-state index contributed by atoms with van der Waals surface area (Å²) in [6.45, 7) is 3.45. The van der Waals surface area contributed by atoms with Gasteiger partial charge < -0.3 is 4.90 Å². The third-order valence-corrected chi connectivity index (χ3v) is 6.71. The van der Waals surface area contributed by atoms with Crippen LogP contribution >= 0.6 is 0 Å². The predicted molar refractivity (Wildman–Crippen MR) is 123 cm³/mol. The Balaban J connectivity index is 1.46. The molecule has 0 radical (unpaired) electrons. The van der Waals surface area contributed by atoms with Gasteiger partial charge in [0, 0.05) is 31.0 Å². The standard InChI is InChI=1S/C24H24FN3O3S/c1-18-4-2-5-23(16-18)32(30,31)26-21-10-12-22(13-11-21)28-15-3-14-27(24(28)29)17-19-6-8-20(25)9-7-19/h2,4-13,16,26H,3,14-15,17H2,1H3. The number of aryl methyl sites for hydroxylation is 1. The van der Waals surface area contributed by atoms with E-state index in [9.17, 15) is 17.6 Å². The van der Waals surface area contributed by atoms with Gasteiger partial charge in [0.1, 0.15) is 5.82 Å². The number of hydrogen-bond donors (Lipinski definition) is 1. The molecule has 32 heavy (non-hydrogen) atoms. The minimum atomic E-state index is -3.70. The molecule has 0 unspecified atom stereocenters. The first kappa shape index (κ1) is 21.8. The van der Waals surface area contributed by atoms with Crippen LogP contribution in [0.15, 0.2) is 77.7 Å². The van der Waals surface area contributed by atoms with Crippen LogP contribution in [-0.2, 0) is 16.6 Å². The van der Waals surface area contributed by atoms with Gasteiger partial charge in [-0.25, -0.2) is 17.6 Å². The minimum Gasteiger partial charge on any atom is -0.320 e. The van der Waals surface area contributed by atoms with Gasteiger partial charge in [0.25, 0.3) is 10.0 Å². The molecular formula is C24H24FN3O3S. The average Bonchev–Trinajstić information content (AvgIpc) is 2.77. The molecule has 0 aromatic heterocycles. The van der Waals surface area contributed by atoms with Crippen LogP contribution in [0.1, 0.15) is 17.5 Å². The highest BCUT2D eigenvalue weighted by molar-refractivity contribution is 7.92. The molecule has 0 bridgehead atoms. The van der Waals surface area contributed by atoms with Crippen molar-refractivity contribution in [3.63, 3.8) is 0 Å². The summed E-state index contributed by atoms with van der Waals surface area (Å²) in [4.78, 5) is 16.6. The van der Waals surface area contributed by atoms with Crippen LogP contribution < -0.4 is 9.62 Å². The topological polar surface area (TPSA) is 69.7 Å². The molecule has 4 rings (SSSR count). The Hall–Kier alpha value is -3.39. The van der Waals surface area contributed by atoms with Crippen LogP contribution in [0.3, 0.4) is 0 Å². The second kappa shape index (κ2) is 9.00. The lowest BCUT2D eigenvalue weighted by Gasteiger charge is -2.35. The number of hydrogen-bond acceptors (Lipinski definition) is 3. The van der Waals surface area contributed by atoms with Crippen molar-refractivity contribution in [1.82, 2.24) is 4.90 Å². The van der Waals surface area contributed by atoms with Crippen LogP contribution in [0, 0.1) is 12.7 Å². The summed E-state index contributed by atoms with van der Waals surface area (Å²) in [6.07, 6.45) is 0.800. The molecule has 6 nitrogen and oxygen atoms in total. The Labute approximate surface area is 187 Å². The number of sulfonamides is 1. The first-order chi connectivity index (χ1) is 15.3. The monoisotopic (exact) mass is 453 g/mol. The van der Waals surface area contributed by atoms with Crippen LogP contribution in [0.4, 0.5) is 20.6 Å². The van der Waals surface area contributed by atoms with Crippen molar-refractivity contribution in [3.8, 4) is 0 Å². The zero-order valence-corrected chi connectivity index (χ0v) is 18.5. The number of benzene rings is 3. The molecule has 0 aliphatic carbocycles. The van der Waals surface area contributed by atoms with E-state index in [0.29, 0.717) is 31.0 Å². The SMILES string of the molecule is Cc1cccc(S(=O)(=O)Nc2ccc(N3CCCN(Cc4ccc(F)cc4)C3=O)cc2)c1. The second-order valence-corrected chi connectivity index (χ2v) is 9.49. The Bertz CT molecular complexity index is 1210. The molecule has 3 aromatic carbocycles. The Morgan fingerprint density at radius 1 is 0.969 bits per heavy atom. The first-order valence-electron chi connectivity index (χ1n) is 10.3. The number of carbonyl (C=O) groups is 1. The van der Waals surface area contributed by atoms with E-state index in [1.54, 1.807) is 64.4 Å². The molecule has 1 aliphatic heterocycles. The van der Waals surface area contributed by atoms with Crippen molar-refractivity contribution < 1.29 is 17.6 Å². The summed E-state index contributed by atoms with van der Waals surface area (Å²) in [5.74, 6) is -0.307. The van der Waals surface area contributed by atoms with E-state index in [-0.39, 0.29) is 16.7 Å². The van der Waals surface area contributed by atoms with Crippen molar-refractivity contribution in [2.45, 2.75) is 24.8 Å². The van der Waals surface area contributed by atoms with Crippen LogP contribution in [0.2, 0.25) is 0 Å². The third kappa shape index (κ3) is 4.91. The van der Waals surface area contributed by atoms with E-state index >= 15 is 0 Å². The predicted octanol–water partition coefficient (Wildman–Crippen LogP) is 4.77. The second-order valence-electron chi connectivity index (χ2n) is 7.80. The van der Waals surface area contributed by atoms with Crippen molar-refractivity contribution in [2.75, 3.05) is 22.7 Å². The number of nitrogens with one attached hydrogen (secondary N) is 1. The van der Waals surface area contributed by atoms with Gasteiger partial charge in [0.15, 0.2) is 0 Å². The van der Waals surface area contributed by atoms with Gasteiger partial charge in [-0.3, -0.25) is 9.62 Å². The van der Waals surface area contributed by atoms with Crippen LogP contribution in [-0.4, -0.2) is 32.4 Å². The molecule has 1 aliphatic rings. The molecule has 1 saturated heterocycles. The third-order valence-electron chi connectivity index (χ3n) is 5.33. The smallest absolute Gasteiger partial charge is 0.320 e. The van der Waals surface area contributed by atoms with Gasteiger partial charge in [0.05, 0.1) is 4.90 Å². The zero-order valence-electron chi connectivity index (χ0n) is 17.7. The summed E-state index contributed by atoms with van der Waals surface area (Å²) in [6, 6.07) is 19.4. The number of amides is 2. The van der Waals surface area contributed by atoms with Gasteiger partial charge in [-0.1, -0.05) is 24.3 Å². The lowest BCUT2D eigenvalue weighted by atomic mass is 10.1. The highest BCUT2D eigenvalue weighted by Crippen LogP contribution is 2.25. The van der Waals surface area contributed by atoms with E-state index in [4.69, 9.17) is 0 Å². The molecule has 166 valence electrons. The number of carbonyl (C=O) groups excluding carboxylic acids is 1. The summed E-state index contributed by atoms with van der Waals surface area (Å²) >= 11 is 0. The molecule has 0 atom stereocenters. The molecular weight excluding hydrogens is 429 g/mol. The van der Waals surface area contributed by atoms with E-state index in [1.165, 1.54) is 12.1 Å². The largest absolute Gasteiger partial charge is 0.324 e. The van der Waals surface area contributed by atoms with E-state index in [1.807, 2.05) is 13.0 Å². The number of urea groups is 1. The number of rotatable bonds is 6. The summed E-state index contributed by atoms with van der Waals surface area (Å²) in [5.41, 5.74) is 2.83. The molecule has 0 saturated carbocycles. The van der Waals surface area contributed by atoms with Crippen LogP contribution in [0.5, 0.6) is 0 Å². The maximum Gasteiger partial charge on any atom is 0.324 e. The summed E-state index contributed by atoms with van der Waals surface area (Å²) < 4.78 is 41.0. The Morgan fingerprint density at radius 2 is 1.69 bits per heavy atom. The zero-order chi connectivity index (χ0) is 22.7. The van der Waals surface area contributed by atoms with Gasteiger partial charge in [-0.15, -0.1) is 0 Å². The Morgan fingerprint density at radius 3 is 2.38 bits per heavy atom. The molecule has 1 N–H and O–H groups in total. The molecule has 3 aromatic rings. The van der Waals surface area contributed by atoms with Crippen molar-refractivity contribution in [3.05, 3.63) is 89.7 Å². The minimum absolute atomic E-state index is 0.131. The lowest BCUT2D eigenvalue weighted by Crippen LogP contribution is -2.49. The fraction of sp³-hybridized carbons (Fsp3) is 0.208. The van der Waals surface area contributed by atoms with E-state index in [0.717, 1.165) is 17.5 Å². The van der Waals surface area contributed by atoms with E-state index < -0.39 is 10.0 Å². The van der Waals surface area contributed by atoms with Crippen molar-refractivity contribution in [2.24, 2.45) is 0 Å². The van der Waals surface area contributed by atoms with Gasteiger partial charge in [0.2, 0.25) is 0 Å². The first-order valence-corrected chi connectivity index (χ1v) is 11.8. The van der Waals surface area contributed by atoms with Gasteiger partial charge >= 0.3 is 6.03 Å². The fourth-order valence-corrected chi connectivity index (χ4v) is 4.85. The normalized spacial score (nSPS) is 14.5. The van der Waals surface area contributed by atoms with Gasteiger partial charge in [-0.2, -0.15) is 0 Å². The highest BCUT2D eigenvalue weighted by Gasteiger charge is 2.27. The van der Waals surface area contributed by atoms with Crippen molar-refractivity contribution >= 4 is 27.4 Å². The Kier molecular flexibility index (Phi) is 6.14. The van der Waals surface area contributed by atoms with Crippen molar-refractivity contribution in [1.29, 1.82) is 0 Å².